The Bertz CT molecular complexity index is 872. The molecule has 0 aliphatic rings. The molecule has 0 radical (unpaired) electrons. The minimum Gasteiger partial charge on any atom is -0.319 e. The highest BCUT2D eigenvalue weighted by Gasteiger charge is 2.11. The molecule has 6 heteroatoms. The first-order valence-corrected chi connectivity index (χ1v) is 6.57. The second-order valence-electron chi connectivity index (χ2n) is 4.39. The Morgan fingerprint density at radius 2 is 1.81 bits per heavy atom. The van der Waals surface area contributed by atoms with E-state index in [1.807, 2.05) is 0 Å². The maximum absolute atomic E-state index is 12.1. The van der Waals surface area contributed by atoms with Crippen LogP contribution < -0.4 is 10.9 Å². The molecule has 0 bridgehead atoms. The van der Waals surface area contributed by atoms with Crippen molar-refractivity contribution in [3.8, 4) is 0 Å². The van der Waals surface area contributed by atoms with E-state index in [-0.39, 0.29) is 11.4 Å². The van der Waals surface area contributed by atoms with Gasteiger partial charge in [-0.2, -0.15) is 0 Å². The van der Waals surface area contributed by atoms with Crippen LogP contribution in [0.2, 0.25) is 5.02 Å². The minimum absolute atomic E-state index is 0.0337. The Hall–Kier alpha value is -2.66. The van der Waals surface area contributed by atoms with Gasteiger partial charge in [0, 0.05) is 10.7 Å². The zero-order valence-electron chi connectivity index (χ0n) is 10.8. The third kappa shape index (κ3) is 2.78. The Morgan fingerprint density at radius 3 is 2.57 bits per heavy atom. The molecule has 0 saturated heterocycles. The number of anilines is 1. The number of nitrogens with one attached hydrogen (secondary N) is 2. The van der Waals surface area contributed by atoms with Gasteiger partial charge in [-0.25, -0.2) is 4.98 Å². The van der Waals surface area contributed by atoms with E-state index >= 15 is 0 Å². The first kappa shape index (κ1) is 13.3. The zero-order valence-corrected chi connectivity index (χ0v) is 11.5. The number of hydrogen-bond acceptors (Lipinski definition) is 3. The number of benzene rings is 2. The van der Waals surface area contributed by atoms with Crippen LogP contribution >= 0.6 is 11.6 Å². The van der Waals surface area contributed by atoms with E-state index < -0.39 is 5.91 Å². The Kier molecular flexibility index (Phi) is 3.41. The SMILES string of the molecule is O=C(Nc1ccc(Cl)cc1)c1nc2ccccc2c(=O)[nH]1. The lowest BCUT2D eigenvalue weighted by Gasteiger charge is -2.05. The average Bonchev–Trinajstić information content (AvgIpc) is 2.49. The van der Waals surface area contributed by atoms with Crippen LogP contribution in [-0.2, 0) is 0 Å². The summed E-state index contributed by atoms with van der Waals surface area (Å²) in [5, 5.41) is 3.67. The number of H-pyrrole nitrogens is 1. The molecule has 1 amide bonds. The molecule has 0 aliphatic carbocycles. The number of carbonyl (C=O) groups is 1. The first-order chi connectivity index (χ1) is 10.1. The fourth-order valence-electron chi connectivity index (χ4n) is 1.92. The fraction of sp³-hybridized carbons (Fsp3) is 0. The monoisotopic (exact) mass is 299 g/mol. The molecule has 2 aromatic carbocycles. The van der Waals surface area contributed by atoms with Crippen LogP contribution in [0.1, 0.15) is 10.6 Å². The van der Waals surface area contributed by atoms with Gasteiger partial charge in [-0.3, -0.25) is 9.59 Å². The Labute approximate surface area is 124 Å². The maximum atomic E-state index is 12.1. The molecule has 21 heavy (non-hydrogen) atoms. The third-order valence-electron chi connectivity index (χ3n) is 2.93. The number of carbonyl (C=O) groups excluding carboxylic acids is 1. The van der Waals surface area contributed by atoms with Gasteiger partial charge < -0.3 is 10.3 Å². The molecule has 0 unspecified atom stereocenters. The Balaban J connectivity index is 1.94. The van der Waals surface area contributed by atoms with Crippen LogP contribution in [0.5, 0.6) is 0 Å². The standard InChI is InChI=1S/C15H10ClN3O2/c16-9-5-7-10(8-6-9)17-15(21)13-18-12-4-2-1-3-11(12)14(20)19-13/h1-8H,(H,17,21)(H,18,19,20). The molecule has 0 aliphatic heterocycles. The van der Waals surface area contributed by atoms with Gasteiger partial charge in [0.1, 0.15) is 0 Å². The number of rotatable bonds is 2. The van der Waals surface area contributed by atoms with Gasteiger partial charge in [-0.15, -0.1) is 0 Å². The van der Waals surface area contributed by atoms with E-state index in [0.717, 1.165) is 0 Å². The van der Waals surface area contributed by atoms with Crippen molar-refractivity contribution in [3.63, 3.8) is 0 Å². The van der Waals surface area contributed by atoms with Crippen molar-refractivity contribution in [2.75, 3.05) is 5.32 Å². The van der Waals surface area contributed by atoms with E-state index in [4.69, 9.17) is 11.6 Å². The van der Waals surface area contributed by atoms with Crippen LogP contribution in [0.15, 0.2) is 53.3 Å². The molecular formula is C15H10ClN3O2. The minimum atomic E-state index is -0.486. The molecule has 2 N–H and O–H groups in total. The van der Waals surface area contributed by atoms with Crippen LogP contribution in [0.3, 0.4) is 0 Å². The summed E-state index contributed by atoms with van der Waals surface area (Å²) in [6.07, 6.45) is 0. The number of hydrogen-bond donors (Lipinski definition) is 2. The van der Waals surface area contributed by atoms with Gasteiger partial charge in [0.2, 0.25) is 0 Å². The summed E-state index contributed by atoms with van der Waals surface area (Å²) in [7, 11) is 0. The molecule has 104 valence electrons. The lowest BCUT2D eigenvalue weighted by molar-refractivity contribution is 0.101. The van der Waals surface area contributed by atoms with Gasteiger partial charge in [0.15, 0.2) is 5.82 Å². The number of halogens is 1. The predicted molar refractivity (Wildman–Crippen MR) is 81.8 cm³/mol. The molecule has 0 saturated carbocycles. The summed E-state index contributed by atoms with van der Waals surface area (Å²) in [6, 6.07) is 13.5. The highest BCUT2D eigenvalue weighted by Crippen LogP contribution is 2.14. The summed E-state index contributed by atoms with van der Waals surface area (Å²) < 4.78 is 0. The van der Waals surface area contributed by atoms with Crippen LogP contribution in [0.4, 0.5) is 5.69 Å². The second kappa shape index (κ2) is 5.38. The summed E-state index contributed by atoms with van der Waals surface area (Å²) in [6.45, 7) is 0. The van der Waals surface area contributed by atoms with Crippen molar-refractivity contribution in [2.45, 2.75) is 0 Å². The van der Waals surface area contributed by atoms with Gasteiger partial charge in [-0.05, 0) is 36.4 Å². The predicted octanol–water partition coefficient (Wildman–Crippen LogP) is 2.83. The number of aromatic amines is 1. The molecule has 3 aromatic rings. The molecule has 0 atom stereocenters. The molecule has 0 fully saturated rings. The fourth-order valence-corrected chi connectivity index (χ4v) is 2.04. The van der Waals surface area contributed by atoms with Crippen LogP contribution in [-0.4, -0.2) is 15.9 Å². The summed E-state index contributed by atoms with van der Waals surface area (Å²) in [4.78, 5) is 30.7. The summed E-state index contributed by atoms with van der Waals surface area (Å²) in [5.74, 6) is -0.520. The lowest BCUT2D eigenvalue weighted by Crippen LogP contribution is -2.21. The van der Waals surface area contributed by atoms with Crippen LogP contribution in [0.25, 0.3) is 10.9 Å². The van der Waals surface area contributed by atoms with Gasteiger partial charge in [0.25, 0.3) is 11.5 Å². The molecule has 0 spiro atoms. The molecule has 1 heterocycles. The lowest BCUT2D eigenvalue weighted by atomic mass is 10.2. The Morgan fingerprint density at radius 1 is 1.10 bits per heavy atom. The molecule has 3 rings (SSSR count). The highest BCUT2D eigenvalue weighted by atomic mass is 35.5. The van der Waals surface area contributed by atoms with E-state index in [1.165, 1.54) is 0 Å². The number of fused-ring (bicyclic) bond motifs is 1. The van der Waals surface area contributed by atoms with Crippen molar-refractivity contribution in [3.05, 3.63) is 69.7 Å². The maximum Gasteiger partial charge on any atom is 0.291 e. The number of amides is 1. The number of aromatic nitrogens is 2. The zero-order chi connectivity index (χ0) is 14.8. The van der Waals surface area contributed by atoms with Crippen molar-refractivity contribution < 1.29 is 4.79 Å². The van der Waals surface area contributed by atoms with Crippen molar-refractivity contribution in [2.24, 2.45) is 0 Å². The van der Waals surface area contributed by atoms with E-state index in [9.17, 15) is 9.59 Å². The van der Waals surface area contributed by atoms with E-state index in [1.54, 1.807) is 48.5 Å². The van der Waals surface area contributed by atoms with Crippen molar-refractivity contribution in [1.82, 2.24) is 9.97 Å². The van der Waals surface area contributed by atoms with Gasteiger partial charge in [-0.1, -0.05) is 23.7 Å². The number of para-hydroxylation sites is 1. The summed E-state index contributed by atoms with van der Waals surface area (Å²) >= 11 is 5.78. The quantitative estimate of drug-likeness (QED) is 0.764. The van der Waals surface area contributed by atoms with Crippen molar-refractivity contribution in [1.29, 1.82) is 0 Å². The highest BCUT2D eigenvalue weighted by molar-refractivity contribution is 6.30. The molecule has 1 aromatic heterocycles. The van der Waals surface area contributed by atoms with Gasteiger partial charge >= 0.3 is 0 Å². The molecule has 5 nitrogen and oxygen atoms in total. The largest absolute Gasteiger partial charge is 0.319 e. The number of nitrogens with zero attached hydrogens (tertiary/aromatic N) is 1. The summed E-state index contributed by atoms with van der Waals surface area (Å²) in [5.41, 5.74) is 0.699. The van der Waals surface area contributed by atoms with Crippen LogP contribution in [0, 0.1) is 0 Å². The molecular weight excluding hydrogens is 290 g/mol. The third-order valence-corrected chi connectivity index (χ3v) is 3.18. The van der Waals surface area contributed by atoms with Gasteiger partial charge in [0.05, 0.1) is 10.9 Å². The van der Waals surface area contributed by atoms with Crippen molar-refractivity contribution >= 4 is 34.1 Å². The van der Waals surface area contributed by atoms with E-state index in [0.29, 0.717) is 21.6 Å². The topological polar surface area (TPSA) is 74.8 Å². The smallest absolute Gasteiger partial charge is 0.291 e. The van der Waals surface area contributed by atoms with E-state index in [2.05, 4.69) is 15.3 Å². The first-order valence-electron chi connectivity index (χ1n) is 6.19. The normalized spacial score (nSPS) is 10.5. The average molecular weight is 300 g/mol. The second-order valence-corrected chi connectivity index (χ2v) is 4.83.